The van der Waals surface area contributed by atoms with Crippen molar-refractivity contribution in [1.29, 1.82) is 0 Å². The fourth-order valence-electron chi connectivity index (χ4n) is 4.87. The lowest BCUT2D eigenvalue weighted by Gasteiger charge is -2.16. The predicted molar refractivity (Wildman–Crippen MR) is 153 cm³/mol. The van der Waals surface area contributed by atoms with Gasteiger partial charge in [0, 0.05) is 49.0 Å². The van der Waals surface area contributed by atoms with Crippen LogP contribution in [0.4, 0.5) is 5.69 Å². The number of hydrogen-bond acceptors (Lipinski definition) is 7. The summed E-state index contributed by atoms with van der Waals surface area (Å²) in [5.41, 5.74) is 8.66. The molecule has 0 fully saturated rings. The van der Waals surface area contributed by atoms with Crippen molar-refractivity contribution in [1.82, 2.24) is 14.1 Å². The highest BCUT2D eigenvalue weighted by Gasteiger charge is 2.33. The third kappa shape index (κ3) is 4.58. The number of aliphatic hydroxyl groups excluding tert-OH is 1. The molecule has 2 aromatic heterocycles. The van der Waals surface area contributed by atoms with E-state index in [1.165, 1.54) is 27.4 Å². The summed E-state index contributed by atoms with van der Waals surface area (Å²) in [6, 6.07) is 11.7. The fraction of sp³-hybridized carbons (Fsp3) is 0.214. The molecule has 2 heterocycles. The molecule has 0 aliphatic heterocycles. The number of nitrogens with one attached hydrogen (secondary N) is 1. The number of anilines is 1. The van der Waals surface area contributed by atoms with Crippen LogP contribution in [-0.4, -0.2) is 38.3 Å². The lowest BCUT2D eigenvalue weighted by Crippen LogP contribution is -2.40. The summed E-state index contributed by atoms with van der Waals surface area (Å²) in [5.74, 6) is -0.393. The van der Waals surface area contributed by atoms with E-state index in [1.54, 1.807) is 36.4 Å². The lowest BCUT2D eigenvalue weighted by molar-refractivity contribution is 0.102. The van der Waals surface area contributed by atoms with Crippen molar-refractivity contribution in [2.24, 2.45) is 19.8 Å². The maximum atomic E-state index is 13.0. The first-order chi connectivity index (χ1) is 19.0. The van der Waals surface area contributed by atoms with Crippen molar-refractivity contribution in [2.45, 2.75) is 18.6 Å². The minimum atomic E-state index is -0.736. The highest BCUT2D eigenvalue weighted by Crippen LogP contribution is 2.43. The van der Waals surface area contributed by atoms with Gasteiger partial charge in [0.05, 0.1) is 40.7 Å². The molecule has 2 aromatic carbocycles. The molecule has 0 saturated carbocycles. The zero-order valence-electron chi connectivity index (χ0n) is 21.7. The molecule has 0 bridgehead atoms. The van der Waals surface area contributed by atoms with Gasteiger partial charge in [0.2, 0.25) is 5.88 Å². The zero-order valence-corrected chi connectivity index (χ0v) is 23.2. The monoisotopic (exact) mass is 581 g/mol. The predicted octanol–water partition coefficient (Wildman–Crippen LogP) is 3.30. The second kappa shape index (κ2) is 10.5. The number of nitrogens with zero attached hydrogens (tertiary/aromatic N) is 3. The summed E-state index contributed by atoms with van der Waals surface area (Å²) in [6.45, 7) is 0. The number of fused-ring (bicyclic) bond motifs is 1. The maximum absolute atomic E-state index is 13.0. The number of nitrogens with two attached hydrogens (primary N) is 1. The molecular formula is C28H25Cl2N5O5. The zero-order chi connectivity index (χ0) is 28.9. The third-order valence-electron chi connectivity index (χ3n) is 6.98. The Kier molecular flexibility index (Phi) is 7.28. The number of hydrogen-bond donors (Lipinski definition) is 3. The number of amides is 1. The maximum Gasteiger partial charge on any atom is 0.330 e. The van der Waals surface area contributed by atoms with Crippen molar-refractivity contribution in [3.05, 3.63) is 96.2 Å². The van der Waals surface area contributed by atoms with E-state index in [4.69, 9.17) is 33.7 Å². The van der Waals surface area contributed by atoms with E-state index in [0.717, 1.165) is 14.7 Å². The van der Waals surface area contributed by atoms with E-state index in [1.807, 2.05) is 6.07 Å². The number of rotatable bonds is 5. The molecule has 4 aromatic rings. The Morgan fingerprint density at radius 1 is 1.10 bits per heavy atom. The Morgan fingerprint density at radius 3 is 2.45 bits per heavy atom. The van der Waals surface area contributed by atoms with Gasteiger partial charge in [0.25, 0.3) is 11.5 Å². The van der Waals surface area contributed by atoms with E-state index in [9.17, 15) is 19.5 Å². The molecule has 1 amide bonds. The van der Waals surface area contributed by atoms with E-state index < -0.39 is 29.3 Å². The number of pyridine rings is 1. The second-order valence-electron chi connectivity index (χ2n) is 9.48. The molecule has 40 heavy (non-hydrogen) atoms. The van der Waals surface area contributed by atoms with Crippen LogP contribution in [0.5, 0.6) is 5.88 Å². The van der Waals surface area contributed by atoms with Gasteiger partial charge in [-0.2, -0.15) is 0 Å². The first-order valence-corrected chi connectivity index (χ1v) is 13.0. The van der Waals surface area contributed by atoms with Crippen LogP contribution in [0, 0.1) is 0 Å². The third-order valence-corrected chi connectivity index (χ3v) is 7.80. The second-order valence-corrected chi connectivity index (χ2v) is 10.2. The molecule has 1 aliphatic carbocycles. The largest absolute Gasteiger partial charge is 0.481 e. The molecule has 12 heteroatoms. The summed E-state index contributed by atoms with van der Waals surface area (Å²) < 4.78 is 7.49. The van der Waals surface area contributed by atoms with Gasteiger partial charge in [-0.15, -0.1) is 0 Å². The molecule has 2 atom stereocenters. The summed E-state index contributed by atoms with van der Waals surface area (Å²) in [7, 11) is 4.24. The highest BCUT2D eigenvalue weighted by atomic mass is 35.5. The number of aliphatic hydroxyl groups is 1. The Hall–Kier alpha value is -3.96. The smallest absolute Gasteiger partial charge is 0.330 e. The SMILES string of the molecule is COc1nc(-c2cccc(-c3cccc(NC(=O)c4cn(C)c(=O)n(C)c4=O)c3Cl)c2Cl)cc2c1C(N)C(O)C2. The number of carbonyl (C=O) groups is 1. The van der Waals surface area contributed by atoms with Gasteiger partial charge in [-0.3, -0.25) is 14.2 Å². The molecular weight excluding hydrogens is 557 g/mol. The normalized spacial score (nSPS) is 16.1. The first-order valence-electron chi connectivity index (χ1n) is 12.2. The minimum Gasteiger partial charge on any atom is -0.481 e. The van der Waals surface area contributed by atoms with Gasteiger partial charge in [-0.05, 0) is 17.7 Å². The van der Waals surface area contributed by atoms with Gasteiger partial charge in [-0.1, -0.05) is 53.5 Å². The molecule has 1 aliphatic rings. The van der Waals surface area contributed by atoms with E-state index in [2.05, 4.69) is 10.3 Å². The molecule has 0 saturated heterocycles. The topological polar surface area (TPSA) is 141 Å². The van der Waals surface area contributed by atoms with Crippen molar-refractivity contribution < 1.29 is 14.6 Å². The number of aryl methyl sites for hydroxylation is 1. The fourth-order valence-corrected chi connectivity index (χ4v) is 5.47. The minimum absolute atomic E-state index is 0.199. The number of aromatic nitrogens is 3. The van der Waals surface area contributed by atoms with E-state index >= 15 is 0 Å². The highest BCUT2D eigenvalue weighted by molar-refractivity contribution is 6.39. The Labute approximate surface area is 238 Å². The number of methoxy groups -OCH3 is 1. The van der Waals surface area contributed by atoms with E-state index in [0.29, 0.717) is 45.3 Å². The molecule has 4 N–H and O–H groups in total. The molecule has 0 spiro atoms. The van der Waals surface area contributed by atoms with Crippen molar-refractivity contribution in [3.63, 3.8) is 0 Å². The van der Waals surface area contributed by atoms with Gasteiger partial charge in [0.15, 0.2) is 0 Å². The van der Waals surface area contributed by atoms with Crippen molar-refractivity contribution >= 4 is 34.8 Å². The lowest BCUT2D eigenvalue weighted by atomic mass is 9.99. The van der Waals surface area contributed by atoms with Gasteiger partial charge in [0.1, 0.15) is 5.56 Å². The van der Waals surface area contributed by atoms with Gasteiger partial charge >= 0.3 is 5.69 Å². The van der Waals surface area contributed by atoms with Crippen LogP contribution in [0.3, 0.4) is 0 Å². The van der Waals surface area contributed by atoms with Crippen LogP contribution in [-0.2, 0) is 20.5 Å². The van der Waals surface area contributed by atoms with Gasteiger partial charge < -0.3 is 25.5 Å². The standard InChI is InChI=1S/C28H25Cl2N5O5/c1-34-12-17(27(38)35(2)28(34)39)25(37)32-18-9-5-7-15(23(18)30)14-6-4-8-16(22(14)29)19-10-13-11-20(36)24(31)21(13)26(33-19)40-3/h4-10,12,20,24,36H,11,31H2,1-3H3,(H,32,37). The van der Waals surface area contributed by atoms with Crippen LogP contribution in [0.25, 0.3) is 22.4 Å². The van der Waals surface area contributed by atoms with Gasteiger partial charge in [-0.25, -0.2) is 9.78 Å². The Morgan fingerprint density at radius 2 is 1.75 bits per heavy atom. The molecule has 2 unspecified atom stereocenters. The number of benzene rings is 2. The average molecular weight is 582 g/mol. The quantitative estimate of drug-likeness (QED) is 0.328. The van der Waals surface area contributed by atoms with Crippen LogP contribution in [0.2, 0.25) is 10.0 Å². The number of carbonyl (C=O) groups excluding carboxylic acids is 1. The molecule has 10 nitrogen and oxygen atoms in total. The number of ether oxygens (including phenoxy) is 1. The van der Waals surface area contributed by atoms with E-state index in [-0.39, 0.29) is 16.3 Å². The van der Waals surface area contributed by atoms with Crippen molar-refractivity contribution in [3.8, 4) is 28.3 Å². The van der Waals surface area contributed by atoms with Crippen LogP contribution < -0.4 is 27.0 Å². The van der Waals surface area contributed by atoms with Crippen LogP contribution >= 0.6 is 23.2 Å². The Bertz CT molecular complexity index is 1800. The summed E-state index contributed by atoms with van der Waals surface area (Å²) >= 11 is 13.6. The average Bonchev–Trinajstić information content (AvgIpc) is 3.23. The summed E-state index contributed by atoms with van der Waals surface area (Å²) in [5, 5.41) is 13.5. The Balaban J connectivity index is 1.54. The summed E-state index contributed by atoms with van der Waals surface area (Å²) in [4.78, 5) is 42.1. The molecule has 0 radical (unpaired) electrons. The van der Waals surface area contributed by atoms with Crippen LogP contribution in [0.1, 0.15) is 27.5 Å². The molecule has 5 rings (SSSR count). The van der Waals surface area contributed by atoms with Crippen LogP contribution in [0.15, 0.2) is 58.3 Å². The molecule has 206 valence electrons. The number of halogens is 2. The van der Waals surface area contributed by atoms with Crippen molar-refractivity contribution in [2.75, 3.05) is 12.4 Å². The first kappa shape index (κ1) is 27.6. The summed E-state index contributed by atoms with van der Waals surface area (Å²) in [6.07, 6.45) is 0.814.